The third kappa shape index (κ3) is 3.53. The number of anilines is 1. The molecule has 2 aromatic carbocycles. The largest absolute Gasteiger partial charge is 0.446 e. The van der Waals surface area contributed by atoms with Crippen LogP contribution in [-0.2, 0) is 0 Å². The number of carbonyl (C=O) groups is 1. The Labute approximate surface area is 189 Å². The Morgan fingerprint density at radius 2 is 1.94 bits per heavy atom. The number of carbonyl (C=O) groups excluding carboxylic acids is 1. The number of benzene rings is 2. The topological polar surface area (TPSA) is 70.2 Å². The van der Waals surface area contributed by atoms with Crippen LogP contribution in [0.5, 0.6) is 0 Å². The highest BCUT2D eigenvalue weighted by Gasteiger charge is 2.22. The highest BCUT2D eigenvalue weighted by Crippen LogP contribution is 2.31. The number of fused-ring (bicyclic) bond motifs is 1. The number of aromatic nitrogens is 3. The average Bonchev–Trinajstić information content (AvgIpc) is 3.50. The Bertz CT molecular complexity index is 1380. The van der Waals surface area contributed by atoms with Gasteiger partial charge in [0.2, 0.25) is 5.01 Å². The lowest BCUT2D eigenvalue weighted by Crippen LogP contribution is -2.50. The maximum absolute atomic E-state index is 13.3. The van der Waals surface area contributed by atoms with Crippen LogP contribution in [0.4, 0.5) is 10.5 Å². The summed E-state index contributed by atoms with van der Waals surface area (Å²) in [5.41, 5.74) is 3.40. The van der Waals surface area contributed by atoms with Gasteiger partial charge in [0.1, 0.15) is 11.1 Å². The zero-order chi connectivity index (χ0) is 22.1. The van der Waals surface area contributed by atoms with Gasteiger partial charge in [-0.3, -0.25) is 9.55 Å². The van der Waals surface area contributed by atoms with Crippen molar-refractivity contribution < 1.29 is 14.5 Å². The standard InChI is InChI=1S/C25H19N4O2S/c1-28(18-9-3-2-4-10-18)25(31)29-15-20(19-11-5-6-12-22(19)29)23(30)21-16-32-24(27-21)17-8-7-13-26-14-17/h2-16,30H,1H3/q-1. The monoisotopic (exact) mass is 439 g/mol. The van der Waals surface area contributed by atoms with Gasteiger partial charge in [-0.1, -0.05) is 30.3 Å². The number of para-hydroxylation sites is 2. The summed E-state index contributed by atoms with van der Waals surface area (Å²) < 4.78 is 1.56. The van der Waals surface area contributed by atoms with Gasteiger partial charge in [0.25, 0.3) is 0 Å². The zero-order valence-electron chi connectivity index (χ0n) is 17.2. The van der Waals surface area contributed by atoms with Crippen molar-refractivity contribution >= 4 is 34.0 Å². The molecule has 6 nitrogen and oxygen atoms in total. The highest BCUT2D eigenvalue weighted by molar-refractivity contribution is 7.13. The minimum Gasteiger partial charge on any atom is -0.419 e. The van der Waals surface area contributed by atoms with E-state index in [1.807, 2.05) is 72.1 Å². The van der Waals surface area contributed by atoms with Crippen LogP contribution in [0, 0.1) is 6.10 Å². The van der Waals surface area contributed by atoms with Gasteiger partial charge < -0.3 is 10.1 Å². The molecule has 7 heteroatoms. The zero-order valence-corrected chi connectivity index (χ0v) is 18.0. The van der Waals surface area contributed by atoms with E-state index in [-0.39, 0.29) is 12.1 Å². The van der Waals surface area contributed by atoms with Gasteiger partial charge in [-0.25, -0.2) is 9.69 Å². The van der Waals surface area contributed by atoms with Crippen molar-refractivity contribution in [2.45, 2.75) is 0 Å². The van der Waals surface area contributed by atoms with Crippen molar-refractivity contribution in [3.8, 4) is 10.6 Å². The van der Waals surface area contributed by atoms with Gasteiger partial charge in [0.15, 0.2) is 11.3 Å². The molecule has 1 N–H and O–H groups in total. The van der Waals surface area contributed by atoms with Crippen molar-refractivity contribution in [1.82, 2.24) is 9.97 Å². The summed E-state index contributed by atoms with van der Waals surface area (Å²) in [7, 11) is 1.73. The number of rotatable bonds is 4. The number of aliphatic hydroxyl groups excluding tert-OH is 1. The molecule has 0 aliphatic carbocycles. The SMILES string of the molecule is CN(C(=O)[n+]1cc([C-](O)c2c[s+][c-](-c3cccnc3)n2)c2cccc[c-]21)c1ccccc1. The van der Waals surface area contributed by atoms with Gasteiger partial charge >= 0.3 is 6.03 Å². The summed E-state index contributed by atoms with van der Waals surface area (Å²) in [5.74, 6) is 0. The number of hydrogen-bond acceptors (Lipinski definition) is 4. The van der Waals surface area contributed by atoms with Crippen LogP contribution in [0.3, 0.4) is 0 Å². The second-order valence-corrected chi connectivity index (χ2v) is 8.09. The third-order valence-electron chi connectivity index (χ3n) is 5.26. The molecule has 158 valence electrons. The van der Waals surface area contributed by atoms with Crippen LogP contribution in [-0.4, -0.2) is 28.2 Å². The van der Waals surface area contributed by atoms with Gasteiger partial charge in [-0.15, -0.1) is 29.1 Å². The molecule has 0 saturated heterocycles. The van der Waals surface area contributed by atoms with Crippen LogP contribution in [0.25, 0.3) is 21.5 Å². The minimum atomic E-state index is -0.222. The molecule has 0 spiro atoms. The fourth-order valence-corrected chi connectivity index (χ4v) is 4.39. The Balaban J connectivity index is 1.53. The number of amides is 1. The summed E-state index contributed by atoms with van der Waals surface area (Å²) in [6, 6.07) is 20.5. The number of pyridine rings is 1. The number of hydrogen-bond donors (Lipinski definition) is 1. The fraction of sp³-hybridized carbons (Fsp3) is 0.0400. The van der Waals surface area contributed by atoms with Gasteiger partial charge in [-0.2, -0.15) is 6.07 Å². The van der Waals surface area contributed by atoms with Crippen molar-refractivity contribution in [2.24, 2.45) is 0 Å². The summed E-state index contributed by atoms with van der Waals surface area (Å²) in [6.07, 6.45) is 5.15. The van der Waals surface area contributed by atoms with Crippen LogP contribution >= 0.6 is 11.3 Å². The Morgan fingerprint density at radius 3 is 2.72 bits per heavy atom. The van der Waals surface area contributed by atoms with Crippen LogP contribution < -0.4 is 9.47 Å². The molecule has 5 aromatic rings. The second-order valence-electron chi connectivity index (χ2n) is 7.24. The molecule has 0 fully saturated rings. The number of nitrogens with zero attached hydrogens (tertiary/aromatic N) is 4. The molecule has 0 radical (unpaired) electrons. The van der Waals surface area contributed by atoms with E-state index in [0.717, 1.165) is 21.6 Å². The molecular weight excluding hydrogens is 420 g/mol. The quantitative estimate of drug-likeness (QED) is 0.249. The first-order valence-corrected chi connectivity index (χ1v) is 10.9. The molecule has 0 saturated carbocycles. The third-order valence-corrected chi connectivity index (χ3v) is 6.15. The minimum absolute atomic E-state index is 0.0292. The second kappa shape index (κ2) is 8.30. The first-order chi connectivity index (χ1) is 15.6. The summed E-state index contributed by atoms with van der Waals surface area (Å²) in [4.78, 5) is 23.6. The number of thiazole rings is 1. The van der Waals surface area contributed by atoms with E-state index in [2.05, 4.69) is 9.97 Å². The van der Waals surface area contributed by atoms with Gasteiger partial charge in [0.05, 0.1) is 7.05 Å². The smallest absolute Gasteiger partial charge is 0.419 e. The summed E-state index contributed by atoms with van der Waals surface area (Å²) in [6.45, 7) is 0. The highest BCUT2D eigenvalue weighted by atomic mass is 32.1. The molecule has 0 aliphatic rings. The van der Waals surface area contributed by atoms with Crippen molar-refractivity contribution in [2.75, 3.05) is 11.9 Å². The van der Waals surface area contributed by atoms with Gasteiger partial charge in [0, 0.05) is 23.6 Å². The summed E-state index contributed by atoms with van der Waals surface area (Å²) >= 11 is 1.43. The van der Waals surface area contributed by atoms with E-state index < -0.39 is 0 Å². The first kappa shape index (κ1) is 20.0. The lowest BCUT2D eigenvalue weighted by atomic mass is 10.1. The van der Waals surface area contributed by atoms with Crippen LogP contribution in [0.15, 0.2) is 90.7 Å². The molecular formula is C25H19N4O2S-. The number of aliphatic hydroxyl groups is 1. The molecule has 0 bridgehead atoms. The van der Waals surface area contributed by atoms with Gasteiger partial charge in [-0.05, 0) is 30.0 Å². The maximum atomic E-state index is 13.3. The maximum Gasteiger partial charge on any atom is 0.446 e. The molecule has 0 aliphatic heterocycles. The molecule has 32 heavy (non-hydrogen) atoms. The predicted octanol–water partition coefficient (Wildman–Crippen LogP) is 4.77. The van der Waals surface area contributed by atoms with E-state index in [0.29, 0.717) is 16.8 Å². The Morgan fingerprint density at radius 1 is 1.12 bits per heavy atom. The molecule has 1 amide bonds. The summed E-state index contributed by atoms with van der Waals surface area (Å²) in [5, 5.41) is 14.5. The van der Waals surface area contributed by atoms with Crippen molar-refractivity contribution in [1.29, 1.82) is 0 Å². The molecule has 5 rings (SSSR count). The normalized spacial score (nSPS) is 10.9. The van der Waals surface area contributed by atoms with Crippen molar-refractivity contribution in [3.05, 3.63) is 108 Å². The van der Waals surface area contributed by atoms with E-state index >= 15 is 0 Å². The Hall–Kier alpha value is -3.94. The lowest BCUT2D eigenvalue weighted by Gasteiger charge is -2.16. The van der Waals surface area contributed by atoms with E-state index in [9.17, 15) is 9.90 Å². The first-order valence-electron chi connectivity index (χ1n) is 9.99. The lowest BCUT2D eigenvalue weighted by molar-refractivity contribution is -0.538. The average molecular weight is 440 g/mol. The molecule has 3 aromatic heterocycles. The van der Waals surface area contributed by atoms with Crippen LogP contribution in [0.1, 0.15) is 11.3 Å². The molecule has 3 heterocycles. The van der Waals surface area contributed by atoms with E-state index in [1.54, 1.807) is 35.1 Å². The van der Waals surface area contributed by atoms with Crippen LogP contribution in [0.2, 0.25) is 0 Å². The van der Waals surface area contributed by atoms with E-state index in [4.69, 9.17) is 0 Å². The molecule has 0 unspecified atom stereocenters. The molecule has 0 atom stereocenters. The van der Waals surface area contributed by atoms with E-state index in [1.165, 1.54) is 11.3 Å². The van der Waals surface area contributed by atoms with Crippen molar-refractivity contribution in [3.63, 3.8) is 0 Å². The predicted molar refractivity (Wildman–Crippen MR) is 124 cm³/mol. The Kier molecular flexibility index (Phi) is 5.18. The fourth-order valence-electron chi connectivity index (χ4n) is 3.59.